The van der Waals surface area contributed by atoms with Crippen LogP contribution in [-0.2, 0) is 15.7 Å². The van der Waals surface area contributed by atoms with Crippen LogP contribution in [0.25, 0.3) is 0 Å². The van der Waals surface area contributed by atoms with Gasteiger partial charge in [0.15, 0.2) is 20.7 Å². The summed E-state index contributed by atoms with van der Waals surface area (Å²) in [5.74, 6) is 3.72. The van der Waals surface area contributed by atoms with Crippen LogP contribution in [0.1, 0.15) is 41.1 Å². The normalized spacial score (nSPS) is 14.4. The van der Waals surface area contributed by atoms with Gasteiger partial charge in [-0.2, -0.15) is 5.10 Å². The van der Waals surface area contributed by atoms with Gasteiger partial charge in [0.25, 0.3) is 0 Å². The highest BCUT2D eigenvalue weighted by molar-refractivity contribution is 7.89. The Labute approximate surface area is 152 Å². The van der Waals surface area contributed by atoms with Crippen molar-refractivity contribution < 1.29 is 13.2 Å². The largest absolute Gasteiger partial charge is 0.452 e. The average molecular weight is 379 g/mol. The summed E-state index contributed by atoms with van der Waals surface area (Å²) in [6.45, 7) is 3.84. The number of rotatable bonds is 5. The quantitative estimate of drug-likeness (QED) is 0.742. The molecule has 3 rings (SSSR count). The number of terminal acetylenes is 1. The Balaban J connectivity index is 2.02. The first-order valence-electron chi connectivity index (χ1n) is 7.89. The summed E-state index contributed by atoms with van der Waals surface area (Å²) in [7, 11) is -3.24. The summed E-state index contributed by atoms with van der Waals surface area (Å²) in [4.78, 5) is 0. The van der Waals surface area contributed by atoms with Crippen molar-refractivity contribution in [3.8, 4) is 23.8 Å². The van der Waals surface area contributed by atoms with Crippen LogP contribution in [0, 0.1) is 26.2 Å². The van der Waals surface area contributed by atoms with Gasteiger partial charge in [-0.3, -0.25) is 0 Å². The van der Waals surface area contributed by atoms with E-state index in [4.69, 9.17) is 22.8 Å². The Morgan fingerprint density at radius 3 is 2.44 bits per heavy atom. The highest BCUT2D eigenvalue weighted by Gasteiger charge is 2.34. The number of halogens is 1. The molecular weight excluding hydrogens is 360 g/mol. The SMILES string of the molecule is C#Cc1c(C)cc(Oc2c(Cl)nn(CS(C)(=O)=O)c2C2CC2)cc1C. The lowest BCUT2D eigenvalue weighted by molar-refractivity contribution is 0.472. The monoisotopic (exact) mass is 378 g/mol. The van der Waals surface area contributed by atoms with E-state index in [1.54, 1.807) is 0 Å². The molecule has 0 radical (unpaired) electrons. The minimum Gasteiger partial charge on any atom is -0.452 e. The molecule has 1 aromatic carbocycles. The van der Waals surface area contributed by atoms with Gasteiger partial charge >= 0.3 is 0 Å². The second-order valence-corrected chi connectivity index (χ2v) is 8.98. The van der Waals surface area contributed by atoms with Gasteiger partial charge in [-0.1, -0.05) is 17.5 Å². The standard InChI is InChI=1S/C18H19ClN2O3S/c1-5-15-11(2)8-14(9-12(15)3)24-17-16(13-6-7-13)21(20-18(17)19)10-25(4,22)23/h1,8-9,13H,6-7,10H2,2-4H3. The summed E-state index contributed by atoms with van der Waals surface area (Å²) < 4.78 is 30.8. The molecule has 0 atom stereocenters. The Kier molecular flexibility index (Phi) is 4.56. The maximum atomic E-state index is 11.7. The lowest BCUT2D eigenvalue weighted by Gasteiger charge is -2.12. The highest BCUT2D eigenvalue weighted by Crippen LogP contribution is 2.48. The number of hydrogen-bond donors (Lipinski definition) is 0. The molecule has 1 aliphatic carbocycles. The first-order chi connectivity index (χ1) is 11.7. The van der Waals surface area contributed by atoms with Crippen LogP contribution in [0.4, 0.5) is 0 Å². The van der Waals surface area contributed by atoms with E-state index >= 15 is 0 Å². The first-order valence-corrected chi connectivity index (χ1v) is 10.3. The molecule has 132 valence electrons. The summed E-state index contributed by atoms with van der Waals surface area (Å²) in [6.07, 6.45) is 8.64. The summed E-state index contributed by atoms with van der Waals surface area (Å²) >= 11 is 6.25. The number of ether oxygens (including phenoxy) is 1. The summed E-state index contributed by atoms with van der Waals surface area (Å²) in [5.41, 5.74) is 3.45. The van der Waals surface area contributed by atoms with Gasteiger partial charge in [-0.25, -0.2) is 13.1 Å². The molecule has 5 nitrogen and oxygen atoms in total. The molecule has 1 heterocycles. The fourth-order valence-corrected chi connectivity index (χ4v) is 3.79. The van der Waals surface area contributed by atoms with Gasteiger partial charge in [0, 0.05) is 17.7 Å². The Bertz CT molecular complexity index is 959. The van der Waals surface area contributed by atoms with Crippen LogP contribution in [0.15, 0.2) is 12.1 Å². The van der Waals surface area contributed by atoms with E-state index in [-0.39, 0.29) is 16.9 Å². The minimum absolute atomic E-state index is 0.168. The van der Waals surface area contributed by atoms with E-state index in [0.717, 1.165) is 35.2 Å². The Hall–Kier alpha value is -1.97. The highest BCUT2D eigenvalue weighted by atomic mass is 35.5. The lowest BCUT2D eigenvalue weighted by atomic mass is 10.0. The second kappa shape index (κ2) is 6.40. The third kappa shape index (κ3) is 3.83. The molecule has 0 saturated heterocycles. The topological polar surface area (TPSA) is 61.2 Å². The van der Waals surface area contributed by atoms with Crippen LogP contribution >= 0.6 is 11.6 Å². The van der Waals surface area contributed by atoms with Crippen molar-refractivity contribution in [2.45, 2.75) is 38.5 Å². The average Bonchev–Trinajstić information content (AvgIpc) is 3.25. The summed E-state index contributed by atoms with van der Waals surface area (Å²) in [5, 5.41) is 4.35. The third-order valence-electron chi connectivity index (χ3n) is 4.10. The number of benzene rings is 1. The van der Waals surface area contributed by atoms with Crippen molar-refractivity contribution in [2.24, 2.45) is 0 Å². The van der Waals surface area contributed by atoms with Gasteiger partial charge in [0.2, 0.25) is 0 Å². The predicted molar refractivity (Wildman–Crippen MR) is 98.0 cm³/mol. The van der Waals surface area contributed by atoms with Gasteiger partial charge in [-0.15, -0.1) is 6.42 Å². The first kappa shape index (κ1) is 17.8. The fraction of sp³-hybridized carbons (Fsp3) is 0.389. The van der Waals surface area contributed by atoms with Crippen molar-refractivity contribution in [3.05, 3.63) is 39.7 Å². The number of hydrogen-bond acceptors (Lipinski definition) is 4. The number of nitrogens with zero attached hydrogens (tertiary/aromatic N) is 2. The van der Waals surface area contributed by atoms with E-state index < -0.39 is 9.84 Å². The Morgan fingerprint density at radius 2 is 1.96 bits per heavy atom. The Morgan fingerprint density at radius 1 is 1.36 bits per heavy atom. The molecule has 1 saturated carbocycles. The zero-order chi connectivity index (χ0) is 18.4. The smallest absolute Gasteiger partial charge is 0.194 e. The fourth-order valence-electron chi connectivity index (χ4n) is 2.92. The zero-order valence-electron chi connectivity index (χ0n) is 14.3. The summed E-state index contributed by atoms with van der Waals surface area (Å²) in [6, 6.07) is 3.70. The van der Waals surface area contributed by atoms with Crippen LogP contribution in [0.5, 0.6) is 11.5 Å². The predicted octanol–water partition coefficient (Wildman–Crippen LogP) is 3.81. The van der Waals surface area contributed by atoms with Gasteiger partial charge in [0.05, 0.1) is 5.69 Å². The molecule has 7 heteroatoms. The van der Waals surface area contributed by atoms with E-state index in [0.29, 0.717) is 11.5 Å². The maximum Gasteiger partial charge on any atom is 0.194 e. The van der Waals surface area contributed by atoms with Gasteiger partial charge in [-0.05, 0) is 49.9 Å². The molecule has 1 aliphatic rings. The third-order valence-corrected chi connectivity index (χ3v) is 5.06. The molecule has 25 heavy (non-hydrogen) atoms. The van der Waals surface area contributed by atoms with E-state index in [9.17, 15) is 8.42 Å². The second-order valence-electron chi connectivity index (χ2n) is 6.51. The van der Waals surface area contributed by atoms with Crippen LogP contribution in [0.2, 0.25) is 5.15 Å². The molecular formula is C18H19ClN2O3S. The van der Waals surface area contributed by atoms with E-state index in [1.807, 2.05) is 26.0 Å². The molecule has 1 aromatic heterocycles. The molecule has 0 aliphatic heterocycles. The lowest BCUT2D eigenvalue weighted by Crippen LogP contribution is -2.12. The van der Waals surface area contributed by atoms with E-state index in [1.165, 1.54) is 10.9 Å². The number of aryl methyl sites for hydroxylation is 2. The number of aromatic nitrogens is 2. The van der Waals surface area contributed by atoms with Crippen molar-refractivity contribution in [2.75, 3.05) is 6.26 Å². The van der Waals surface area contributed by atoms with Crippen molar-refractivity contribution in [1.82, 2.24) is 9.78 Å². The molecule has 2 aromatic rings. The van der Waals surface area contributed by atoms with Crippen LogP contribution in [-0.4, -0.2) is 24.5 Å². The van der Waals surface area contributed by atoms with Crippen LogP contribution in [0.3, 0.4) is 0 Å². The molecule has 1 fully saturated rings. The molecule has 0 amide bonds. The molecule has 0 spiro atoms. The van der Waals surface area contributed by atoms with Gasteiger partial charge in [0.1, 0.15) is 11.6 Å². The van der Waals surface area contributed by atoms with Gasteiger partial charge < -0.3 is 4.74 Å². The van der Waals surface area contributed by atoms with Crippen molar-refractivity contribution >= 4 is 21.4 Å². The van der Waals surface area contributed by atoms with E-state index in [2.05, 4.69) is 11.0 Å². The molecule has 0 N–H and O–H groups in total. The van der Waals surface area contributed by atoms with Crippen LogP contribution < -0.4 is 4.74 Å². The zero-order valence-corrected chi connectivity index (χ0v) is 15.9. The van der Waals surface area contributed by atoms with Crippen molar-refractivity contribution in [1.29, 1.82) is 0 Å². The molecule has 0 unspecified atom stereocenters. The minimum atomic E-state index is -3.24. The molecule has 0 bridgehead atoms. The number of sulfone groups is 1. The van der Waals surface area contributed by atoms with Crippen molar-refractivity contribution in [3.63, 3.8) is 0 Å². The maximum absolute atomic E-state index is 11.7.